The summed E-state index contributed by atoms with van der Waals surface area (Å²) in [4.78, 5) is 27.5. The first-order valence-corrected chi connectivity index (χ1v) is 8.87. The van der Waals surface area contributed by atoms with E-state index in [-0.39, 0.29) is 11.8 Å². The van der Waals surface area contributed by atoms with Crippen molar-refractivity contribution in [2.75, 3.05) is 24.7 Å². The number of benzene rings is 1. The summed E-state index contributed by atoms with van der Waals surface area (Å²) in [6.45, 7) is 3.37. The van der Waals surface area contributed by atoms with Crippen LogP contribution in [-0.2, 0) is 23.8 Å². The smallest absolute Gasteiger partial charge is 0.241 e. The quantitative estimate of drug-likeness (QED) is 0.597. The van der Waals surface area contributed by atoms with Crippen molar-refractivity contribution in [2.45, 2.75) is 24.9 Å². The molecule has 1 aromatic carbocycles. The largest absolute Gasteiger partial charge is 0.494 e. The van der Waals surface area contributed by atoms with Crippen LogP contribution in [0.5, 0.6) is 5.75 Å². The normalized spacial score (nSPS) is 35.6. The molecule has 2 amide bonds. The van der Waals surface area contributed by atoms with Crippen molar-refractivity contribution in [3.05, 3.63) is 36.4 Å². The highest BCUT2D eigenvalue weighted by Gasteiger charge is 2.71. The maximum atomic E-state index is 13.2. The van der Waals surface area contributed by atoms with Crippen LogP contribution in [0.1, 0.15) is 6.92 Å². The first kappa shape index (κ1) is 16.0. The molecule has 136 valence electrons. The average Bonchev–Trinajstić information content (AvgIpc) is 3.40. The molecule has 1 aromatic rings. The van der Waals surface area contributed by atoms with Gasteiger partial charge in [0.05, 0.1) is 43.4 Å². The molecule has 4 aliphatic rings. The van der Waals surface area contributed by atoms with E-state index in [0.717, 1.165) is 0 Å². The van der Waals surface area contributed by atoms with Crippen LogP contribution in [0.4, 0.5) is 5.69 Å². The minimum Gasteiger partial charge on any atom is -0.494 e. The summed E-state index contributed by atoms with van der Waals surface area (Å²) in [5.41, 5.74) is -0.473. The molecule has 26 heavy (non-hydrogen) atoms. The molecular weight excluding hydrogens is 338 g/mol. The Hall–Kier alpha value is -2.22. The highest BCUT2D eigenvalue weighted by molar-refractivity contribution is 6.23. The van der Waals surface area contributed by atoms with E-state index < -0.39 is 29.8 Å². The molecule has 0 radical (unpaired) electrons. The number of rotatable bonds is 4. The van der Waals surface area contributed by atoms with E-state index in [1.165, 1.54) is 4.90 Å². The van der Waals surface area contributed by atoms with Crippen LogP contribution in [0.3, 0.4) is 0 Å². The highest BCUT2D eigenvalue weighted by Crippen LogP contribution is 2.55. The number of hydrogen-bond donors (Lipinski definition) is 0. The van der Waals surface area contributed by atoms with Crippen molar-refractivity contribution >= 4 is 17.5 Å². The maximum Gasteiger partial charge on any atom is 0.241 e. The molecule has 0 aromatic heterocycles. The zero-order valence-electron chi connectivity index (χ0n) is 14.3. The van der Waals surface area contributed by atoms with Gasteiger partial charge in [-0.3, -0.25) is 9.59 Å². The third-order valence-corrected chi connectivity index (χ3v) is 5.47. The van der Waals surface area contributed by atoms with Crippen LogP contribution in [0.2, 0.25) is 0 Å². The Labute approximate surface area is 150 Å². The molecule has 0 aliphatic carbocycles. The molecule has 0 unspecified atom stereocenters. The number of fused-ring (bicyclic) bond motifs is 5. The monoisotopic (exact) mass is 357 g/mol. The Morgan fingerprint density at radius 3 is 2.58 bits per heavy atom. The number of amides is 2. The van der Waals surface area contributed by atoms with Gasteiger partial charge in [-0.15, -0.1) is 0 Å². The highest BCUT2D eigenvalue weighted by atomic mass is 16.7. The van der Waals surface area contributed by atoms with Gasteiger partial charge in [-0.25, -0.2) is 4.90 Å². The molecule has 4 aliphatic heterocycles. The summed E-state index contributed by atoms with van der Waals surface area (Å²) in [6, 6.07) is 6.98. The zero-order valence-corrected chi connectivity index (χ0v) is 14.3. The van der Waals surface area contributed by atoms with Crippen molar-refractivity contribution in [2.24, 2.45) is 11.8 Å². The molecule has 0 spiro atoms. The van der Waals surface area contributed by atoms with Crippen molar-refractivity contribution in [1.29, 1.82) is 0 Å². The number of imide groups is 1. The second kappa shape index (κ2) is 5.64. The molecule has 2 bridgehead atoms. The van der Waals surface area contributed by atoms with Crippen LogP contribution in [0, 0.1) is 11.8 Å². The van der Waals surface area contributed by atoms with Gasteiger partial charge in [0.25, 0.3) is 0 Å². The van der Waals surface area contributed by atoms with Gasteiger partial charge in [-0.1, -0.05) is 6.08 Å². The number of anilines is 1. The Morgan fingerprint density at radius 2 is 1.88 bits per heavy atom. The number of carbonyl (C=O) groups excluding carboxylic acids is 2. The van der Waals surface area contributed by atoms with Crippen molar-refractivity contribution in [3.8, 4) is 5.75 Å². The zero-order chi connectivity index (χ0) is 17.9. The summed E-state index contributed by atoms with van der Waals surface area (Å²) >= 11 is 0. The molecule has 0 N–H and O–H groups in total. The lowest BCUT2D eigenvalue weighted by molar-refractivity contribution is -0.180. The summed E-state index contributed by atoms with van der Waals surface area (Å²) in [5, 5.41) is 0. The fraction of sp³-hybridized carbons (Fsp3) is 0.474. The van der Waals surface area contributed by atoms with Crippen molar-refractivity contribution < 1.29 is 28.5 Å². The van der Waals surface area contributed by atoms with Crippen LogP contribution in [0.15, 0.2) is 36.4 Å². The molecule has 0 saturated carbocycles. The van der Waals surface area contributed by atoms with Crippen LogP contribution in [0.25, 0.3) is 0 Å². The summed E-state index contributed by atoms with van der Waals surface area (Å²) < 4.78 is 22.7. The minimum atomic E-state index is -1.02. The Balaban J connectivity index is 1.49. The van der Waals surface area contributed by atoms with Gasteiger partial charge in [0.15, 0.2) is 11.9 Å². The second-order valence-electron chi connectivity index (χ2n) is 6.81. The van der Waals surface area contributed by atoms with Crippen molar-refractivity contribution in [1.82, 2.24) is 0 Å². The third kappa shape index (κ3) is 1.99. The van der Waals surface area contributed by atoms with Gasteiger partial charge >= 0.3 is 0 Å². The van der Waals surface area contributed by atoms with Crippen LogP contribution >= 0.6 is 0 Å². The summed E-state index contributed by atoms with van der Waals surface area (Å²) in [6.07, 6.45) is 2.61. The molecule has 7 nitrogen and oxygen atoms in total. The first-order valence-electron chi connectivity index (χ1n) is 8.87. The predicted molar refractivity (Wildman–Crippen MR) is 89.5 cm³/mol. The van der Waals surface area contributed by atoms with Crippen LogP contribution < -0.4 is 9.64 Å². The Kier molecular flexibility index (Phi) is 3.47. The molecular formula is C19H19NO6. The SMILES string of the molecule is CCOc1ccc(N2C(=O)[C@H]3[C@H]4C=C[C@@](C5OCCO5)(O4)[C@H]3C2=O)cc1. The Morgan fingerprint density at radius 1 is 1.15 bits per heavy atom. The van der Waals surface area contributed by atoms with E-state index in [1.54, 1.807) is 24.3 Å². The lowest BCUT2D eigenvalue weighted by Gasteiger charge is -2.32. The fourth-order valence-corrected chi connectivity index (χ4v) is 4.44. The lowest BCUT2D eigenvalue weighted by atomic mass is 9.76. The van der Waals surface area contributed by atoms with E-state index in [1.807, 2.05) is 19.1 Å². The molecule has 4 atom stereocenters. The van der Waals surface area contributed by atoms with Gasteiger partial charge in [0.2, 0.25) is 11.8 Å². The average molecular weight is 357 g/mol. The van der Waals surface area contributed by atoms with Gasteiger partial charge in [-0.2, -0.15) is 0 Å². The van der Waals surface area contributed by atoms with E-state index >= 15 is 0 Å². The molecule has 7 heteroatoms. The third-order valence-electron chi connectivity index (χ3n) is 5.47. The predicted octanol–water partition coefficient (Wildman–Crippen LogP) is 1.27. The number of hydrogen-bond acceptors (Lipinski definition) is 6. The van der Waals surface area contributed by atoms with Gasteiger partial charge in [0, 0.05) is 0 Å². The fourth-order valence-electron chi connectivity index (χ4n) is 4.44. The number of carbonyl (C=O) groups is 2. The Bertz CT molecular complexity index is 784. The first-order chi connectivity index (χ1) is 12.7. The lowest BCUT2D eigenvalue weighted by Crippen LogP contribution is -2.49. The van der Waals surface area contributed by atoms with Gasteiger partial charge < -0.3 is 18.9 Å². The number of ether oxygens (including phenoxy) is 4. The van der Waals surface area contributed by atoms with Gasteiger partial charge in [0.1, 0.15) is 5.75 Å². The summed E-state index contributed by atoms with van der Waals surface area (Å²) in [7, 11) is 0. The van der Waals surface area contributed by atoms with E-state index in [2.05, 4.69) is 0 Å². The topological polar surface area (TPSA) is 74.3 Å². The minimum absolute atomic E-state index is 0.238. The maximum absolute atomic E-state index is 13.2. The molecule has 4 heterocycles. The van der Waals surface area contributed by atoms with E-state index in [4.69, 9.17) is 18.9 Å². The standard InChI is InChI=1S/C19H19NO6/c1-2-23-12-5-3-11(4-6-12)20-16(21)14-13-7-8-19(26-13,15(14)17(20)22)18-24-9-10-25-18/h3-8,13-15,18H,2,9-10H2,1H3/t13-,14+,15-,19-/m1/s1. The van der Waals surface area contributed by atoms with E-state index in [9.17, 15) is 9.59 Å². The summed E-state index contributed by atoms with van der Waals surface area (Å²) in [5.74, 6) is -0.968. The van der Waals surface area contributed by atoms with Crippen molar-refractivity contribution in [3.63, 3.8) is 0 Å². The molecule has 3 fully saturated rings. The second-order valence-corrected chi connectivity index (χ2v) is 6.81. The van der Waals surface area contributed by atoms with E-state index in [0.29, 0.717) is 31.3 Å². The molecule has 5 rings (SSSR count). The van der Waals surface area contributed by atoms with Gasteiger partial charge in [-0.05, 0) is 37.3 Å². The van der Waals surface area contributed by atoms with Crippen LogP contribution in [-0.4, -0.2) is 49.6 Å². The number of nitrogens with zero attached hydrogens (tertiary/aromatic N) is 1. The molecule has 3 saturated heterocycles.